The van der Waals surface area contributed by atoms with Gasteiger partial charge in [0.2, 0.25) is 5.16 Å². The van der Waals surface area contributed by atoms with Gasteiger partial charge in [0.1, 0.15) is 0 Å². The van der Waals surface area contributed by atoms with Crippen LogP contribution in [0.3, 0.4) is 0 Å². The van der Waals surface area contributed by atoms with Gasteiger partial charge in [0.15, 0.2) is 10.8 Å². The summed E-state index contributed by atoms with van der Waals surface area (Å²) in [5.74, 6) is -2.43. The van der Waals surface area contributed by atoms with E-state index in [0.29, 0.717) is 0 Å². The molecule has 1 heterocycles. The molecule has 0 spiro atoms. The lowest BCUT2D eigenvalue weighted by atomic mass is 10.7. The van der Waals surface area contributed by atoms with Gasteiger partial charge < -0.3 is 9.67 Å². The monoisotopic (exact) mass is 224 g/mol. The summed E-state index contributed by atoms with van der Waals surface area (Å²) in [5, 5.41) is 3.33. The maximum Gasteiger partial charge on any atom is 0.422 e. The first kappa shape index (κ1) is 10.8. The van der Waals surface area contributed by atoms with Crippen molar-refractivity contribution in [1.82, 2.24) is 9.55 Å². The van der Waals surface area contributed by atoms with Crippen LogP contribution in [0.25, 0.3) is 0 Å². The van der Waals surface area contributed by atoms with Gasteiger partial charge in [0, 0.05) is 19.4 Å². The molecule has 0 amide bonds. The van der Waals surface area contributed by atoms with Gasteiger partial charge in [-0.05, 0) is 0 Å². The highest BCUT2D eigenvalue weighted by Gasteiger charge is 2.48. The molecule has 0 aromatic carbocycles. The zero-order chi connectivity index (χ0) is 10.9. The lowest BCUT2D eigenvalue weighted by molar-refractivity contribution is -0.153. The highest BCUT2D eigenvalue weighted by Crippen LogP contribution is 2.23. The number of alkyl halides is 2. The van der Waals surface area contributed by atoms with Crippen molar-refractivity contribution < 1.29 is 22.9 Å². The average molecular weight is 224 g/mol. The Labute approximate surface area is 79.8 Å². The van der Waals surface area contributed by atoms with Crippen molar-refractivity contribution in [1.29, 1.82) is 0 Å². The summed E-state index contributed by atoms with van der Waals surface area (Å²) in [7, 11) is -1.64. The molecule has 0 aliphatic rings. The second kappa shape index (κ2) is 3.45. The average Bonchev–Trinajstić information content (AvgIpc) is 2.49. The van der Waals surface area contributed by atoms with E-state index in [-0.39, 0.29) is 0 Å². The summed E-state index contributed by atoms with van der Waals surface area (Å²) < 4.78 is 37.6. The van der Waals surface area contributed by atoms with E-state index in [2.05, 4.69) is 4.98 Å². The van der Waals surface area contributed by atoms with Crippen LogP contribution in [-0.4, -0.2) is 30.1 Å². The lowest BCUT2D eigenvalue weighted by Gasteiger charge is -2.09. The van der Waals surface area contributed by atoms with Gasteiger partial charge in [0.05, 0.1) is 0 Å². The Balaban J connectivity index is 3.09. The fourth-order valence-corrected chi connectivity index (χ4v) is 1.59. The summed E-state index contributed by atoms with van der Waals surface area (Å²) in [6.45, 7) is 0. The zero-order valence-corrected chi connectivity index (χ0v) is 7.79. The number of carboxylic acid groups (broad SMARTS) is 1. The Morgan fingerprint density at radius 2 is 2.29 bits per heavy atom. The standard InChI is InChI=1S/C6H6F2N2O3S/c1-10-3-2-9-5(10)14(13)6(7,8)4(11)12/h2-3H,1H3,(H,11,12)/t14-/m0/s1. The molecule has 8 heteroatoms. The second-order valence-electron chi connectivity index (χ2n) is 2.41. The highest BCUT2D eigenvalue weighted by molar-refractivity contribution is 7.86. The Hall–Kier alpha value is -1.31. The fraction of sp³-hybridized carbons (Fsp3) is 0.333. The number of imidazole rings is 1. The van der Waals surface area contributed by atoms with Crippen LogP contribution in [0, 0.1) is 0 Å². The third-order valence-corrected chi connectivity index (χ3v) is 2.79. The van der Waals surface area contributed by atoms with Crippen LogP contribution in [0.15, 0.2) is 17.6 Å². The first-order valence-electron chi connectivity index (χ1n) is 3.37. The molecule has 78 valence electrons. The Bertz CT molecular complexity index is 390. The Kier molecular flexibility index (Phi) is 2.65. The number of hydrogen-bond donors (Lipinski definition) is 1. The molecule has 0 radical (unpaired) electrons. The minimum absolute atomic E-state index is 0.475. The Morgan fingerprint density at radius 1 is 1.71 bits per heavy atom. The maximum absolute atomic E-state index is 12.7. The second-order valence-corrected chi connectivity index (χ2v) is 3.83. The largest absolute Gasteiger partial charge is 0.476 e. The third kappa shape index (κ3) is 1.65. The van der Waals surface area contributed by atoms with Crippen molar-refractivity contribution in [3.8, 4) is 0 Å². The van der Waals surface area contributed by atoms with Crippen molar-refractivity contribution in [2.75, 3.05) is 0 Å². The summed E-state index contributed by atoms with van der Waals surface area (Å²) in [6.07, 6.45) is 2.45. The van der Waals surface area contributed by atoms with Crippen LogP contribution >= 0.6 is 0 Å². The topological polar surface area (TPSA) is 72.2 Å². The number of carbonyl (C=O) groups is 1. The molecule has 1 aromatic rings. The van der Waals surface area contributed by atoms with Crippen LogP contribution in [0.1, 0.15) is 0 Å². The van der Waals surface area contributed by atoms with E-state index in [1.54, 1.807) is 0 Å². The van der Waals surface area contributed by atoms with Crippen molar-refractivity contribution in [2.45, 2.75) is 10.4 Å². The number of aryl methyl sites for hydroxylation is 1. The van der Waals surface area contributed by atoms with Gasteiger partial charge in [-0.2, -0.15) is 8.78 Å². The summed E-state index contributed by atoms with van der Waals surface area (Å²) in [5.41, 5.74) is 0. The van der Waals surface area contributed by atoms with E-state index >= 15 is 0 Å². The molecular formula is C6H6F2N2O3S. The molecule has 0 saturated heterocycles. The third-order valence-electron chi connectivity index (χ3n) is 1.42. The van der Waals surface area contributed by atoms with Gasteiger partial charge in [-0.25, -0.2) is 14.0 Å². The summed E-state index contributed by atoms with van der Waals surface area (Å²) in [4.78, 5) is 13.5. The SMILES string of the molecule is Cn1ccnc1[S@](=O)C(F)(F)C(=O)O. The molecule has 0 bridgehead atoms. The smallest absolute Gasteiger partial charge is 0.422 e. The van der Waals surface area contributed by atoms with Gasteiger partial charge in [-0.3, -0.25) is 0 Å². The molecule has 5 nitrogen and oxygen atoms in total. The molecule has 1 aromatic heterocycles. The highest BCUT2D eigenvalue weighted by atomic mass is 32.2. The molecule has 0 unspecified atom stereocenters. The quantitative estimate of drug-likeness (QED) is 0.796. The number of halogens is 2. The summed E-state index contributed by atoms with van der Waals surface area (Å²) in [6, 6.07) is 0. The molecule has 1 atom stereocenters. The van der Waals surface area contributed by atoms with Crippen LogP contribution in [0.5, 0.6) is 0 Å². The van der Waals surface area contributed by atoms with E-state index < -0.39 is 27.2 Å². The van der Waals surface area contributed by atoms with Crippen LogP contribution in [0.4, 0.5) is 8.78 Å². The van der Waals surface area contributed by atoms with Crippen LogP contribution in [0.2, 0.25) is 0 Å². The van der Waals surface area contributed by atoms with E-state index in [1.807, 2.05) is 0 Å². The minimum atomic E-state index is -4.32. The molecule has 0 saturated carbocycles. The van der Waals surface area contributed by atoms with Crippen molar-refractivity contribution in [3.05, 3.63) is 12.4 Å². The molecule has 1 N–H and O–H groups in total. The zero-order valence-electron chi connectivity index (χ0n) is 6.98. The van der Waals surface area contributed by atoms with Crippen LogP contribution in [-0.2, 0) is 22.6 Å². The van der Waals surface area contributed by atoms with E-state index in [0.717, 1.165) is 10.8 Å². The molecule has 0 aliphatic carbocycles. The molecule has 0 fully saturated rings. The van der Waals surface area contributed by atoms with Crippen molar-refractivity contribution >= 4 is 16.8 Å². The van der Waals surface area contributed by atoms with Crippen molar-refractivity contribution in [3.63, 3.8) is 0 Å². The number of aliphatic carboxylic acids is 1. The van der Waals surface area contributed by atoms with E-state index in [4.69, 9.17) is 5.11 Å². The van der Waals surface area contributed by atoms with Gasteiger partial charge >= 0.3 is 11.2 Å². The predicted octanol–water partition coefficient (Wildman–Crippen LogP) is 0.205. The summed E-state index contributed by atoms with van der Waals surface area (Å²) >= 11 is 0. The number of nitrogens with zero attached hydrogens (tertiary/aromatic N) is 2. The number of carboxylic acids is 1. The molecule has 0 aliphatic heterocycles. The fourth-order valence-electron chi connectivity index (χ4n) is 0.725. The number of aromatic nitrogens is 2. The van der Waals surface area contributed by atoms with Gasteiger partial charge in [0.25, 0.3) is 0 Å². The van der Waals surface area contributed by atoms with Gasteiger partial charge in [-0.15, -0.1) is 0 Å². The lowest BCUT2D eigenvalue weighted by Crippen LogP contribution is -2.34. The predicted molar refractivity (Wildman–Crippen MR) is 42.2 cm³/mol. The van der Waals surface area contributed by atoms with Crippen molar-refractivity contribution in [2.24, 2.45) is 7.05 Å². The number of rotatable bonds is 3. The molecular weight excluding hydrogens is 218 g/mol. The molecule has 1 rings (SSSR count). The normalized spacial score (nSPS) is 13.9. The first-order chi connectivity index (χ1) is 6.37. The van der Waals surface area contributed by atoms with E-state index in [1.165, 1.54) is 13.2 Å². The van der Waals surface area contributed by atoms with Gasteiger partial charge in [-0.1, -0.05) is 0 Å². The van der Waals surface area contributed by atoms with Crippen LogP contribution < -0.4 is 0 Å². The Morgan fingerprint density at radius 3 is 2.64 bits per heavy atom. The molecule has 14 heavy (non-hydrogen) atoms. The van der Waals surface area contributed by atoms with E-state index in [9.17, 15) is 17.8 Å². The maximum atomic E-state index is 12.7. The first-order valence-corrected chi connectivity index (χ1v) is 4.52. The number of hydrogen-bond acceptors (Lipinski definition) is 3. The minimum Gasteiger partial charge on any atom is -0.476 e.